The van der Waals surface area contributed by atoms with Crippen LogP contribution >= 0.6 is 0 Å². The van der Waals surface area contributed by atoms with Crippen molar-refractivity contribution >= 4 is 5.71 Å². The number of hydrogen-bond donors (Lipinski definition) is 1. The first kappa shape index (κ1) is 14.9. The Balaban J connectivity index is 2.12. The smallest absolute Gasteiger partial charge is 0.239 e. The Labute approximate surface area is 131 Å². The first-order valence-electron chi connectivity index (χ1n) is 7.51. The van der Waals surface area contributed by atoms with Gasteiger partial charge in [0.05, 0.1) is 0 Å². The van der Waals surface area contributed by atoms with Gasteiger partial charge in [0.1, 0.15) is 5.71 Å². The van der Waals surface area contributed by atoms with Crippen molar-refractivity contribution in [1.82, 2.24) is 0 Å². The van der Waals surface area contributed by atoms with E-state index in [9.17, 15) is 5.11 Å². The summed E-state index contributed by atoms with van der Waals surface area (Å²) in [6.07, 6.45) is -0.395. The lowest BCUT2D eigenvalue weighted by molar-refractivity contribution is -0.191. The maximum absolute atomic E-state index is 11.3. The molecule has 0 aliphatic carbocycles. The molecule has 0 saturated carbocycles. The van der Waals surface area contributed by atoms with Crippen molar-refractivity contribution < 1.29 is 9.84 Å². The van der Waals surface area contributed by atoms with Crippen LogP contribution in [0.25, 0.3) is 0 Å². The van der Waals surface area contributed by atoms with Gasteiger partial charge in [-0.3, -0.25) is 4.99 Å². The predicted octanol–water partition coefficient (Wildman–Crippen LogP) is 3.72. The first-order chi connectivity index (χ1) is 10.4. The molecule has 2 aromatic carbocycles. The fourth-order valence-corrected chi connectivity index (χ4v) is 2.55. The predicted molar refractivity (Wildman–Crippen MR) is 87.6 cm³/mol. The van der Waals surface area contributed by atoms with Crippen molar-refractivity contribution in [2.45, 2.75) is 32.8 Å². The Morgan fingerprint density at radius 2 is 1.50 bits per heavy atom. The van der Waals surface area contributed by atoms with E-state index in [1.54, 1.807) is 0 Å². The molecule has 0 aromatic heterocycles. The topological polar surface area (TPSA) is 41.8 Å². The lowest BCUT2D eigenvalue weighted by Gasteiger charge is -2.29. The van der Waals surface area contributed by atoms with Crippen LogP contribution in [0.3, 0.4) is 0 Å². The van der Waals surface area contributed by atoms with Crippen molar-refractivity contribution in [3.63, 3.8) is 0 Å². The molecule has 1 N–H and O–H groups in total. The summed E-state index contributed by atoms with van der Waals surface area (Å²) in [7, 11) is 0. The molecule has 3 nitrogen and oxygen atoms in total. The summed E-state index contributed by atoms with van der Waals surface area (Å²) in [5.41, 5.74) is 1.95. The van der Waals surface area contributed by atoms with Gasteiger partial charge < -0.3 is 9.84 Å². The Morgan fingerprint density at radius 3 is 2.05 bits per heavy atom. The Hall–Kier alpha value is -1.97. The van der Waals surface area contributed by atoms with Crippen LogP contribution < -0.4 is 0 Å². The van der Waals surface area contributed by atoms with Gasteiger partial charge in [0.2, 0.25) is 5.79 Å². The molecule has 1 heterocycles. The molecule has 0 unspecified atom stereocenters. The highest BCUT2D eigenvalue weighted by molar-refractivity contribution is 6.06. The third kappa shape index (κ3) is 2.58. The van der Waals surface area contributed by atoms with E-state index in [4.69, 9.17) is 9.73 Å². The van der Waals surface area contributed by atoms with Gasteiger partial charge in [-0.1, -0.05) is 81.4 Å². The largest absolute Gasteiger partial charge is 0.357 e. The molecule has 1 aliphatic rings. The molecule has 1 aliphatic heterocycles. The minimum Gasteiger partial charge on any atom is -0.357 e. The number of nitrogens with zero attached hydrogens (tertiary/aromatic N) is 1. The molecule has 0 bridgehead atoms. The zero-order valence-corrected chi connectivity index (χ0v) is 13.2. The quantitative estimate of drug-likeness (QED) is 0.917. The SMILES string of the molecule is CC(C)(C)[C@H]1N=C(c2ccccc2)[C@](O)(c2ccccc2)O1. The summed E-state index contributed by atoms with van der Waals surface area (Å²) in [6, 6.07) is 19.1. The zero-order valence-electron chi connectivity index (χ0n) is 13.2. The van der Waals surface area contributed by atoms with Gasteiger partial charge in [-0.15, -0.1) is 0 Å². The molecular formula is C19H21NO2. The summed E-state index contributed by atoms with van der Waals surface area (Å²) in [6.45, 7) is 6.17. The molecule has 0 fully saturated rings. The van der Waals surface area contributed by atoms with Crippen molar-refractivity contribution in [2.24, 2.45) is 10.4 Å². The van der Waals surface area contributed by atoms with E-state index in [1.165, 1.54) is 0 Å². The summed E-state index contributed by atoms with van der Waals surface area (Å²) in [4.78, 5) is 4.70. The Kier molecular flexibility index (Phi) is 3.63. The van der Waals surface area contributed by atoms with Gasteiger partial charge in [-0.2, -0.15) is 0 Å². The van der Waals surface area contributed by atoms with Gasteiger partial charge in [-0.05, 0) is 0 Å². The molecule has 2 atom stereocenters. The summed E-state index contributed by atoms with van der Waals surface area (Å²) >= 11 is 0. The average Bonchev–Trinajstić information content (AvgIpc) is 2.88. The van der Waals surface area contributed by atoms with Crippen LogP contribution in [0, 0.1) is 5.41 Å². The fourth-order valence-electron chi connectivity index (χ4n) is 2.55. The lowest BCUT2D eigenvalue weighted by atomic mass is 9.95. The van der Waals surface area contributed by atoms with Crippen LogP contribution in [0.4, 0.5) is 0 Å². The summed E-state index contributed by atoms with van der Waals surface area (Å²) in [5, 5.41) is 11.3. The molecule has 0 saturated heterocycles. The number of benzene rings is 2. The molecule has 22 heavy (non-hydrogen) atoms. The van der Waals surface area contributed by atoms with E-state index in [2.05, 4.69) is 20.8 Å². The summed E-state index contributed by atoms with van der Waals surface area (Å²) < 4.78 is 6.02. The number of aliphatic imine (C=N–C) groups is 1. The second-order valence-electron chi connectivity index (χ2n) is 6.69. The van der Waals surface area contributed by atoms with Crippen molar-refractivity contribution in [3.05, 3.63) is 71.8 Å². The van der Waals surface area contributed by atoms with Crippen LogP contribution in [0.15, 0.2) is 65.7 Å². The van der Waals surface area contributed by atoms with Crippen molar-refractivity contribution in [3.8, 4) is 0 Å². The van der Waals surface area contributed by atoms with Crippen LogP contribution in [-0.2, 0) is 10.5 Å². The van der Waals surface area contributed by atoms with Gasteiger partial charge in [0, 0.05) is 16.5 Å². The Bertz CT molecular complexity index is 674. The third-order valence-electron chi connectivity index (χ3n) is 3.80. The normalized spacial score (nSPS) is 25.1. The number of aliphatic hydroxyl groups is 1. The minimum atomic E-state index is -1.51. The molecular weight excluding hydrogens is 274 g/mol. The van der Waals surface area contributed by atoms with E-state index in [1.807, 2.05) is 60.7 Å². The van der Waals surface area contributed by atoms with E-state index < -0.39 is 12.0 Å². The average molecular weight is 295 g/mol. The van der Waals surface area contributed by atoms with Gasteiger partial charge in [0.15, 0.2) is 6.23 Å². The van der Waals surface area contributed by atoms with E-state index in [0.29, 0.717) is 11.3 Å². The number of ether oxygens (including phenoxy) is 1. The molecule has 0 amide bonds. The second kappa shape index (κ2) is 5.34. The van der Waals surface area contributed by atoms with Crippen LogP contribution in [0.2, 0.25) is 0 Å². The lowest BCUT2D eigenvalue weighted by Crippen LogP contribution is -2.38. The zero-order chi connectivity index (χ0) is 15.8. The van der Waals surface area contributed by atoms with Crippen molar-refractivity contribution in [1.29, 1.82) is 0 Å². The molecule has 114 valence electrons. The second-order valence-corrected chi connectivity index (χ2v) is 6.69. The minimum absolute atomic E-state index is 0.195. The van der Waals surface area contributed by atoms with Gasteiger partial charge in [-0.25, -0.2) is 0 Å². The van der Waals surface area contributed by atoms with Crippen molar-refractivity contribution in [2.75, 3.05) is 0 Å². The molecule has 2 aromatic rings. The van der Waals surface area contributed by atoms with Gasteiger partial charge >= 0.3 is 0 Å². The monoisotopic (exact) mass is 295 g/mol. The standard InChI is InChI=1S/C19H21NO2/c1-18(2,3)17-20-16(14-10-6-4-7-11-14)19(21,22-17)15-12-8-5-9-13-15/h4-13,17,21H,1-3H3/t17-,19-/m0/s1. The summed E-state index contributed by atoms with van der Waals surface area (Å²) in [5.74, 6) is -1.51. The van der Waals surface area contributed by atoms with Crippen LogP contribution in [-0.4, -0.2) is 17.0 Å². The highest BCUT2D eigenvalue weighted by atomic mass is 16.6. The molecule has 3 heteroatoms. The van der Waals surface area contributed by atoms with Crippen LogP contribution in [0.1, 0.15) is 31.9 Å². The Morgan fingerprint density at radius 1 is 0.955 bits per heavy atom. The van der Waals surface area contributed by atoms with E-state index in [0.717, 1.165) is 5.56 Å². The van der Waals surface area contributed by atoms with E-state index >= 15 is 0 Å². The molecule has 0 radical (unpaired) electrons. The van der Waals surface area contributed by atoms with E-state index in [-0.39, 0.29) is 5.41 Å². The maximum Gasteiger partial charge on any atom is 0.239 e. The maximum atomic E-state index is 11.3. The highest BCUT2D eigenvalue weighted by Gasteiger charge is 2.48. The number of rotatable bonds is 2. The third-order valence-corrected chi connectivity index (χ3v) is 3.80. The first-order valence-corrected chi connectivity index (χ1v) is 7.51. The molecule has 3 rings (SSSR count). The highest BCUT2D eigenvalue weighted by Crippen LogP contribution is 2.40. The fraction of sp³-hybridized carbons (Fsp3) is 0.316. The van der Waals surface area contributed by atoms with Gasteiger partial charge in [0.25, 0.3) is 0 Å². The molecule has 0 spiro atoms. The van der Waals surface area contributed by atoms with Crippen LogP contribution in [0.5, 0.6) is 0 Å². The number of hydrogen-bond acceptors (Lipinski definition) is 3.